The summed E-state index contributed by atoms with van der Waals surface area (Å²) in [5.74, 6) is -54.9. The maximum Gasteiger partial charge on any atom is 0.460 e. The number of aromatic hydroxyl groups is 1. The highest BCUT2D eigenvalue weighted by molar-refractivity contribution is 5.40. The molecule has 0 heterocycles. The van der Waals surface area contributed by atoms with Gasteiger partial charge in [0.1, 0.15) is 5.75 Å². The lowest BCUT2D eigenvalue weighted by molar-refractivity contribution is -0.461. The molecule has 2 N–H and O–H groups in total. The van der Waals surface area contributed by atoms with E-state index in [9.17, 15) is 84.9 Å². The van der Waals surface area contributed by atoms with Gasteiger partial charge in [0, 0.05) is 6.42 Å². The van der Waals surface area contributed by atoms with E-state index < -0.39 is 73.1 Å². The number of unbranched alkanes of at least 4 members (excludes halogenated alkanes) is 2. The number of alkyl halides is 17. The number of aliphatic hydroxyl groups is 1. The summed E-state index contributed by atoms with van der Waals surface area (Å²) in [6.45, 7) is 1.66. The van der Waals surface area contributed by atoms with Crippen molar-refractivity contribution >= 4 is 0 Å². The maximum atomic E-state index is 14.3. The third-order valence-corrected chi connectivity index (χ3v) is 12.2. The zero-order chi connectivity index (χ0) is 42.0. The molecular formula is C35H42F17NO2. The first-order chi connectivity index (χ1) is 24.8. The fourth-order valence-corrected chi connectivity index (χ4v) is 9.13. The van der Waals surface area contributed by atoms with Crippen LogP contribution < -0.4 is 0 Å². The summed E-state index contributed by atoms with van der Waals surface area (Å²) in [7, 11) is 1.30. The first-order valence-corrected chi connectivity index (χ1v) is 17.7. The van der Waals surface area contributed by atoms with Gasteiger partial charge in [0.2, 0.25) is 0 Å². The third kappa shape index (κ3) is 7.38. The number of hydrogen-bond acceptors (Lipinski definition) is 3. The summed E-state index contributed by atoms with van der Waals surface area (Å²) in [4.78, 5) is 1.27. The quantitative estimate of drug-likeness (QED) is 0.129. The van der Waals surface area contributed by atoms with Gasteiger partial charge < -0.3 is 15.1 Å². The number of fused-ring (bicyclic) bond motifs is 5. The smallest absolute Gasteiger partial charge is 0.460 e. The van der Waals surface area contributed by atoms with E-state index >= 15 is 0 Å². The highest BCUT2D eigenvalue weighted by Crippen LogP contribution is 2.65. The van der Waals surface area contributed by atoms with Gasteiger partial charge in [-0.2, -0.15) is 74.6 Å². The van der Waals surface area contributed by atoms with Crippen molar-refractivity contribution in [2.45, 2.75) is 137 Å². The predicted octanol–water partition coefficient (Wildman–Crippen LogP) is 11.1. The molecular weight excluding hydrogens is 789 g/mol. The number of phenolic OH excluding ortho intramolecular Hbond substituents is 1. The van der Waals surface area contributed by atoms with E-state index in [1.165, 1.54) is 17.5 Å². The second-order valence-electron chi connectivity index (χ2n) is 15.7. The van der Waals surface area contributed by atoms with Gasteiger partial charge in [-0.05, 0) is 124 Å². The number of benzene rings is 1. The fraction of sp³-hybridized carbons (Fsp3) is 0.829. The van der Waals surface area contributed by atoms with Gasteiger partial charge >= 0.3 is 47.6 Å². The van der Waals surface area contributed by atoms with Crippen LogP contribution in [-0.2, 0) is 6.42 Å². The Morgan fingerprint density at radius 2 is 1.24 bits per heavy atom. The van der Waals surface area contributed by atoms with Crippen LogP contribution in [-0.4, -0.2) is 89.0 Å². The molecule has 318 valence electrons. The molecule has 3 aliphatic carbocycles. The van der Waals surface area contributed by atoms with Crippen molar-refractivity contribution in [2.75, 3.05) is 20.1 Å². The topological polar surface area (TPSA) is 43.7 Å². The second kappa shape index (κ2) is 14.8. The zero-order valence-corrected chi connectivity index (χ0v) is 29.6. The summed E-state index contributed by atoms with van der Waals surface area (Å²) >= 11 is 0. The number of aryl methyl sites for hydroxylation is 1. The minimum Gasteiger partial charge on any atom is -0.508 e. The first-order valence-electron chi connectivity index (χ1n) is 17.7. The summed E-state index contributed by atoms with van der Waals surface area (Å²) < 4.78 is 230. The van der Waals surface area contributed by atoms with Crippen molar-refractivity contribution in [1.29, 1.82) is 0 Å². The van der Waals surface area contributed by atoms with E-state index in [2.05, 4.69) is 6.92 Å². The summed E-state index contributed by atoms with van der Waals surface area (Å²) in [5.41, 5.74) is 1.97. The molecule has 3 aliphatic rings. The van der Waals surface area contributed by atoms with E-state index in [1.807, 2.05) is 6.07 Å². The van der Waals surface area contributed by atoms with E-state index in [0.29, 0.717) is 37.5 Å². The highest BCUT2D eigenvalue weighted by Gasteiger charge is 2.95. The number of hydrogen-bond donors (Lipinski definition) is 2. The zero-order valence-electron chi connectivity index (χ0n) is 29.6. The molecule has 0 spiro atoms. The maximum absolute atomic E-state index is 14.3. The van der Waals surface area contributed by atoms with Crippen LogP contribution in [0.3, 0.4) is 0 Å². The molecule has 2 saturated carbocycles. The Hall–Kier alpha value is -2.25. The number of rotatable bonds is 16. The summed E-state index contributed by atoms with van der Waals surface area (Å²) in [6.07, 6.45) is -5.34. The number of aliphatic hydroxyl groups excluding tert-OH is 1. The molecule has 0 bridgehead atoms. The Kier molecular flexibility index (Phi) is 12.3. The fourth-order valence-electron chi connectivity index (χ4n) is 9.13. The summed E-state index contributed by atoms with van der Waals surface area (Å²) in [5, 5.41) is 21.0. The van der Waals surface area contributed by atoms with Crippen LogP contribution in [0.25, 0.3) is 0 Å². The standard InChI is InChI=1S/C35H42F17NO2/c1-27-18-20(26-22-11-9-21(54)17-19(22)8-10-23(26)24(27)12-13-25(27)55)7-4-3-5-15-53(2)16-6-14-28(36,37)29(38,39)30(40,41)31(42,43)32(44,45)33(46,47)34(48,49)35(50,51)52/h9,11,17,20,23-26,54-55H,3-8,10,12-16,18H2,1-2H3/t20-,23?,24?,25?,26?,27?/m0/s1. The molecule has 6 atom stereocenters. The van der Waals surface area contributed by atoms with Crippen molar-refractivity contribution < 1.29 is 84.9 Å². The van der Waals surface area contributed by atoms with Crippen LogP contribution in [0.1, 0.15) is 88.2 Å². The molecule has 0 amide bonds. The van der Waals surface area contributed by atoms with Gasteiger partial charge in [0.05, 0.1) is 6.10 Å². The van der Waals surface area contributed by atoms with Gasteiger partial charge in [-0.3, -0.25) is 0 Å². The molecule has 55 heavy (non-hydrogen) atoms. The van der Waals surface area contributed by atoms with Crippen molar-refractivity contribution in [2.24, 2.45) is 23.2 Å². The molecule has 5 unspecified atom stereocenters. The van der Waals surface area contributed by atoms with Crippen molar-refractivity contribution in [1.82, 2.24) is 4.90 Å². The molecule has 0 saturated heterocycles. The van der Waals surface area contributed by atoms with Gasteiger partial charge in [0.15, 0.2) is 0 Å². The lowest BCUT2D eigenvalue weighted by atomic mass is 9.51. The predicted molar refractivity (Wildman–Crippen MR) is 163 cm³/mol. The second-order valence-corrected chi connectivity index (χ2v) is 15.7. The van der Waals surface area contributed by atoms with E-state index in [-0.39, 0.29) is 29.5 Å². The molecule has 4 rings (SSSR count). The Morgan fingerprint density at radius 3 is 1.82 bits per heavy atom. The number of phenols is 1. The molecule has 1 aromatic carbocycles. The Balaban J connectivity index is 1.32. The van der Waals surface area contributed by atoms with Crippen molar-refractivity contribution in [3.8, 4) is 5.75 Å². The molecule has 2 fully saturated rings. The molecule has 1 aromatic rings. The third-order valence-electron chi connectivity index (χ3n) is 12.2. The lowest BCUT2D eigenvalue weighted by Gasteiger charge is -2.54. The van der Waals surface area contributed by atoms with Crippen LogP contribution in [0, 0.1) is 23.2 Å². The normalized spacial score (nSPS) is 27.3. The minimum absolute atomic E-state index is 0.127. The molecule has 3 nitrogen and oxygen atoms in total. The minimum atomic E-state index is -8.62. The first kappa shape index (κ1) is 45.5. The van der Waals surface area contributed by atoms with Crippen LogP contribution in [0.15, 0.2) is 18.2 Å². The molecule has 0 radical (unpaired) electrons. The number of halogens is 17. The Morgan fingerprint density at radius 1 is 0.691 bits per heavy atom. The van der Waals surface area contributed by atoms with Gasteiger partial charge in [-0.25, -0.2) is 0 Å². The molecule has 0 aliphatic heterocycles. The van der Waals surface area contributed by atoms with Crippen LogP contribution in [0.2, 0.25) is 0 Å². The van der Waals surface area contributed by atoms with Gasteiger partial charge in [-0.15, -0.1) is 0 Å². The van der Waals surface area contributed by atoms with E-state index in [0.717, 1.165) is 37.7 Å². The average molecular weight is 832 g/mol. The largest absolute Gasteiger partial charge is 0.508 e. The van der Waals surface area contributed by atoms with Crippen LogP contribution in [0.5, 0.6) is 5.75 Å². The average Bonchev–Trinajstić information content (AvgIpc) is 3.36. The molecule has 0 aromatic heterocycles. The van der Waals surface area contributed by atoms with Crippen LogP contribution in [0.4, 0.5) is 74.6 Å². The summed E-state index contributed by atoms with van der Waals surface area (Å²) in [6, 6.07) is 5.35. The monoisotopic (exact) mass is 831 g/mol. The van der Waals surface area contributed by atoms with Crippen molar-refractivity contribution in [3.63, 3.8) is 0 Å². The Bertz CT molecular complexity index is 1500. The van der Waals surface area contributed by atoms with Crippen molar-refractivity contribution in [3.05, 3.63) is 29.3 Å². The van der Waals surface area contributed by atoms with Gasteiger partial charge in [-0.1, -0.05) is 25.8 Å². The van der Waals surface area contributed by atoms with Gasteiger partial charge in [0.25, 0.3) is 0 Å². The Labute approximate surface area is 305 Å². The van der Waals surface area contributed by atoms with E-state index in [1.54, 1.807) is 12.1 Å². The molecule has 20 heteroatoms. The lowest BCUT2D eigenvalue weighted by Crippen LogP contribution is -2.74. The van der Waals surface area contributed by atoms with E-state index in [4.69, 9.17) is 0 Å². The van der Waals surface area contributed by atoms with Crippen LogP contribution >= 0.6 is 0 Å². The SMILES string of the molecule is CN(CCCCC[C@H]1CC2(C)C(O)CCC2C2CCc3cc(O)ccc3C21)CCCC(F)(F)C(F)(F)C(F)(F)C(F)(F)C(F)(F)C(F)(F)C(F)(F)C(F)(F)F. The number of nitrogens with zero attached hydrogens (tertiary/aromatic N) is 1. The highest BCUT2D eigenvalue weighted by atomic mass is 19.4.